The molecule has 0 aliphatic heterocycles. The number of hydrogen-bond acceptors (Lipinski definition) is 5. The van der Waals surface area contributed by atoms with Gasteiger partial charge in [-0.25, -0.2) is 8.42 Å². The summed E-state index contributed by atoms with van der Waals surface area (Å²) in [7, 11) is -11.0. The van der Waals surface area contributed by atoms with Gasteiger partial charge in [0.15, 0.2) is 0 Å². The van der Waals surface area contributed by atoms with Crippen molar-refractivity contribution in [1.82, 2.24) is 4.13 Å². The van der Waals surface area contributed by atoms with Crippen molar-refractivity contribution in [1.29, 1.82) is 0 Å². The highest BCUT2D eigenvalue weighted by molar-refractivity contribution is 8.03. The topological polar surface area (TPSA) is 89.5 Å². The Kier molecular flexibility index (Phi) is 3.78. The second kappa shape index (κ2) is 5.05. The molecule has 3 aliphatic rings. The quantitative estimate of drug-likeness (QED) is 0.818. The molecule has 0 aromatic carbocycles. The summed E-state index contributed by atoms with van der Waals surface area (Å²) >= 11 is 0. The maximum Gasteiger partial charge on any atom is 0.512 e. The summed E-state index contributed by atoms with van der Waals surface area (Å²) in [5, 5.41) is 0. The molecule has 0 spiro atoms. The zero-order valence-electron chi connectivity index (χ0n) is 11.4. The Hall–Kier alpha value is -0.390. The van der Waals surface area contributed by atoms with Gasteiger partial charge in [-0.1, -0.05) is 10.5 Å². The van der Waals surface area contributed by atoms with Gasteiger partial charge in [-0.3, -0.25) is 4.18 Å². The molecule has 128 valence electrons. The highest BCUT2D eigenvalue weighted by Crippen LogP contribution is 2.59. The van der Waals surface area contributed by atoms with Crippen molar-refractivity contribution < 1.29 is 34.2 Å². The van der Waals surface area contributed by atoms with E-state index in [1.165, 1.54) is 0 Å². The first-order chi connectivity index (χ1) is 10.0. The lowest BCUT2D eigenvalue weighted by atomic mass is 9.80. The fourth-order valence-corrected chi connectivity index (χ4v) is 6.64. The van der Waals surface area contributed by atoms with Crippen molar-refractivity contribution in [3.05, 3.63) is 0 Å². The Morgan fingerprint density at radius 1 is 0.955 bits per heavy atom. The van der Waals surface area contributed by atoms with E-state index < -0.39 is 31.9 Å². The molecule has 0 aromatic rings. The van der Waals surface area contributed by atoms with Crippen molar-refractivity contribution >= 4 is 20.3 Å². The highest BCUT2D eigenvalue weighted by Gasteiger charge is 2.56. The van der Waals surface area contributed by atoms with E-state index in [-0.39, 0.29) is 5.92 Å². The first kappa shape index (κ1) is 16.5. The van der Waals surface area contributed by atoms with Crippen LogP contribution < -0.4 is 4.13 Å². The minimum absolute atomic E-state index is 0.0114. The van der Waals surface area contributed by atoms with Crippen LogP contribution in [0.4, 0.5) is 13.2 Å². The van der Waals surface area contributed by atoms with Crippen LogP contribution in [0.25, 0.3) is 0 Å². The van der Waals surface area contributed by atoms with E-state index in [2.05, 4.69) is 0 Å². The lowest BCUT2D eigenvalue weighted by molar-refractivity contribution is -0.0443. The van der Waals surface area contributed by atoms with Gasteiger partial charge in [0.1, 0.15) is 0 Å². The predicted octanol–water partition coefficient (Wildman–Crippen LogP) is 1.51. The molecule has 1 N–H and O–H groups in total. The Balaban J connectivity index is 1.69. The number of rotatable bonds is 4. The number of fused-ring (bicyclic) bond motifs is 5. The molecular weight excluding hydrogens is 347 g/mol. The third-order valence-corrected chi connectivity index (χ3v) is 7.94. The van der Waals surface area contributed by atoms with Gasteiger partial charge >= 0.3 is 25.8 Å². The third kappa shape index (κ3) is 2.76. The van der Waals surface area contributed by atoms with Gasteiger partial charge in [-0.05, 0) is 49.4 Å². The Labute approximate surface area is 126 Å². The van der Waals surface area contributed by atoms with Gasteiger partial charge in [0, 0.05) is 0 Å². The second-order valence-electron chi connectivity index (χ2n) is 6.28. The number of alkyl halides is 3. The van der Waals surface area contributed by atoms with Crippen LogP contribution in [0.5, 0.6) is 0 Å². The Bertz CT molecular complexity index is 660. The standard InChI is InChI=1S/C11H16F3NO5S2/c12-11(13,14)21(16,17)15-22(18,19)20-10-5-6-4-9(10)8-3-1-2-7(6)8/h6-10,15H,1-5H2. The monoisotopic (exact) mass is 363 g/mol. The smallest absolute Gasteiger partial charge is 0.254 e. The predicted molar refractivity (Wildman–Crippen MR) is 68.9 cm³/mol. The largest absolute Gasteiger partial charge is 0.512 e. The number of nitrogens with one attached hydrogen (secondary N) is 1. The van der Waals surface area contributed by atoms with E-state index >= 15 is 0 Å². The van der Waals surface area contributed by atoms with Crippen molar-refractivity contribution in [2.24, 2.45) is 23.7 Å². The van der Waals surface area contributed by atoms with Crippen molar-refractivity contribution in [2.75, 3.05) is 0 Å². The molecule has 11 heteroatoms. The van der Waals surface area contributed by atoms with E-state index in [1.54, 1.807) is 0 Å². The SMILES string of the molecule is O=S(=O)(NS(=O)(=O)C(F)(F)F)OC1CC2CC1C1CCCC21. The minimum Gasteiger partial charge on any atom is -0.254 e. The van der Waals surface area contributed by atoms with Crippen LogP contribution in [-0.4, -0.2) is 28.4 Å². The van der Waals surface area contributed by atoms with Crippen LogP contribution in [0.1, 0.15) is 32.1 Å². The molecule has 5 atom stereocenters. The Morgan fingerprint density at radius 2 is 1.59 bits per heavy atom. The molecule has 0 heterocycles. The molecule has 22 heavy (non-hydrogen) atoms. The number of sulfonamides is 1. The van der Waals surface area contributed by atoms with Gasteiger partial charge < -0.3 is 0 Å². The van der Waals surface area contributed by atoms with Gasteiger partial charge in [0.05, 0.1) is 6.10 Å². The molecule has 3 saturated carbocycles. The van der Waals surface area contributed by atoms with Gasteiger partial charge in [0.25, 0.3) is 0 Å². The Morgan fingerprint density at radius 3 is 2.23 bits per heavy atom. The van der Waals surface area contributed by atoms with Gasteiger partial charge in [0.2, 0.25) is 0 Å². The third-order valence-electron chi connectivity index (χ3n) is 5.13. The maximum atomic E-state index is 12.2. The maximum absolute atomic E-state index is 12.2. The lowest BCUT2D eigenvalue weighted by Gasteiger charge is -2.30. The highest BCUT2D eigenvalue weighted by atomic mass is 32.3. The van der Waals surface area contributed by atoms with E-state index in [0.717, 1.165) is 25.7 Å². The molecule has 0 aromatic heterocycles. The molecule has 3 rings (SSSR count). The van der Waals surface area contributed by atoms with Crippen LogP contribution >= 0.6 is 0 Å². The first-order valence-electron chi connectivity index (χ1n) is 7.03. The van der Waals surface area contributed by atoms with Gasteiger partial charge in [-0.2, -0.15) is 21.6 Å². The van der Waals surface area contributed by atoms with Crippen LogP contribution in [0, 0.1) is 23.7 Å². The summed E-state index contributed by atoms with van der Waals surface area (Å²) < 4.78 is 87.1. The summed E-state index contributed by atoms with van der Waals surface area (Å²) in [6.45, 7) is 0. The molecule has 2 bridgehead atoms. The molecule has 3 aliphatic carbocycles. The van der Waals surface area contributed by atoms with Crippen LogP contribution in [0.3, 0.4) is 0 Å². The lowest BCUT2D eigenvalue weighted by Crippen LogP contribution is -2.43. The molecule has 5 unspecified atom stereocenters. The van der Waals surface area contributed by atoms with Crippen molar-refractivity contribution in [2.45, 2.75) is 43.7 Å². The average Bonchev–Trinajstić information content (AvgIpc) is 2.94. The van der Waals surface area contributed by atoms with E-state index in [1.807, 2.05) is 0 Å². The molecule has 6 nitrogen and oxygen atoms in total. The van der Waals surface area contributed by atoms with Crippen molar-refractivity contribution in [3.63, 3.8) is 0 Å². The van der Waals surface area contributed by atoms with Crippen LogP contribution in [0.15, 0.2) is 0 Å². The fourth-order valence-electron chi connectivity index (χ4n) is 4.48. The fraction of sp³-hybridized carbons (Fsp3) is 1.00. The van der Waals surface area contributed by atoms with E-state index in [0.29, 0.717) is 28.3 Å². The number of halogens is 3. The zero-order chi connectivity index (χ0) is 16.3. The normalized spacial score (nSPS) is 38.4. The van der Waals surface area contributed by atoms with E-state index in [9.17, 15) is 30.0 Å². The molecule has 0 amide bonds. The molecule has 0 radical (unpaired) electrons. The van der Waals surface area contributed by atoms with Crippen molar-refractivity contribution in [3.8, 4) is 0 Å². The minimum atomic E-state index is -5.99. The summed E-state index contributed by atoms with van der Waals surface area (Å²) in [6.07, 6.45) is 3.68. The number of hydrogen-bond donors (Lipinski definition) is 1. The molecule has 3 fully saturated rings. The summed E-state index contributed by atoms with van der Waals surface area (Å²) in [5.74, 6) is 1.22. The summed E-state index contributed by atoms with van der Waals surface area (Å²) in [5.41, 5.74) is -5.70. The summed E-state index contributed by atoms with van der Waals surface area (Å²) in [4.78, 5) is 0. The van der Waals surface area contributed by atoms with Gasteiger partial charge in [-0.15, -0.1) is 0 Å². The summed E-state index contributed by atoms with van der Waals surface area (Å²) in [6, 6.07) is 0. The van der Waals surface area contributed by atoms with Crippen LogP contribution in [0.2, 0.25) is 0 Å². The zero-order valence-corrected chi connectivity index (χ0v) is 13.0. The molecule has 0 saturated heterocycles. The molecular formula is C11H16F3NO5S2. The van der Waals surface area contributed by atoms with Crippen LogP contribution in [-0.2, 0) is 24.5 Å². The first-order valence-corrected chi connectivity index (χ1v) is 9.92. The average molecular weight is 363 g/mol. The second-order valence-corrected chi connectivity index (χ2v) is 9.51. The van der Waals surface area contributed by atoms with E-state index in [4.69, 9.17) is 4.18 Å².